The van der Waals surface area contributed by atoms with Gasteiger partial charge in [0.2, 0.25) is 0 Å². The number of hydrogen-bond acceptors (Lipinski definition) is 4. The molecule has 0 atom stereocenters. The second-order valence-electron chi connectivity index (χ2n) is 4.47. The molecule has 0 radical (unpaired) electrons. The Balaban J connectivity index is 2.58. The summed E-state index contributed by atoms with van der Waals surface area (Å²) in [6.07, 6.45) is 0.208. The van der Waals surface area contributed by atoms with Crippen LogP contribution in [-0.4, -0.2) is 30.8 Å². The van der Waals surface area contributed by atoms with Gasteiger partial charge < -0.3 is 19.9 Å². The number of methoxy groups -OCH3 is 1. The van der Waals surface area contributed by atoms with Crippen molar-refractivity contribution in [1.82, 2.24) is 5.32 Å². The van der Waals surface area contributed by atoms with E-state index in [0.29, 0.717) is 24.6 Å². The maximum atomic E-state index is 10.4. The Kier molecular flexibility index (Phi) is 6.15. The van der Waals surface area contributed by atoms with Gasteiger partial charge in [-0.05, 0) is 31.5 Å². The lowest BCUT2D eigenvalue weighted by Gasteiger charge is -2.14. The standard InChI is InChI=1S/C14H21NO4/c1-10(2)19-12-5-4-11(8-13(12)18-3)9-15-7-6-14(16)17/h4-5,8,10,15H,6-7,9H2,1-3H3,(H,16,17). The van der Waals surface area contributed by atoms with E-state index in [2.05, 4.69) is 5.32 Å². The molecule has 0 spiro atoms. The molecule has 1 aromatic carbocycles. The van der Waals surface area contributed by atoms with Crippen LogP contribution in [0.2, 0.25) is 0 Å². The van der Waals surface area contributed by atoms with Gasteiger partial charge in [0, 0.05) is 13.1 Å². The first kappa shape index (κ1) is 15.3. The van der Waals surface area contributed by atoms with Gasteiger partial charge in [-0.3, -0.25) is 4.79 Å². The number of aliphatic carboxylic acids is 1. The van der Waals surface area contributed by atoms with Crippen LogP contribution in [0.3, 0.4) is 0 Å². The molecule has 0 aliphatic rings. The summed E-state index contributed by atoms with van der Waals surface area (Å²) in [5.41, 5.74) is 1.03. The highest BCUT2D eigenvalue weighted by molar-refractivity contribution is 5.66. The molecule has 0 aromatic heterocycles. The van der Waals surface area contributed by atoms with E-state index in [9.17, 15) is 4.79 Å². The third kappa shape index (κ3) is 5.61. The number of carboxylic acids is 1. The van der Waals surface area contributed by atoms with Crippen molar-refractivity contribution >= 4 is 5.97 Å². The van der Waals surface area contributed by atoms with E-state index in [1.165, 1.54) is 0 Å². The Bertz CT molecular complexity index is 418. The molecule has 0 amide bonds. The molecule has 5 heteroatoms. The quantitative estimate of drug-likeness (QED) is 0.706. The van der Waals surface area contributed by atoms with E-state index in [1.54, 1.807) is 7.11 Å². The third-order valence-corrected chi connectivity index (χ3v) is 2.44. The lowest BCUT2D eigenvalue weighted by atomic mass is 10.2. The highest BCUT2D eigenvalue weighted by Crippen LogP contribution is 2.28. The SMILES string of the molecule is COc1cc(CNCCC(=O)O)ccc1OC(C)C. The Hall–Kier alpha value is -1.75. The first-order valence-electron chi connectivity index (χ1n) is 6.29. The molecule has 0 saturated heterocycles. The maximum Gasteiger partial charge on any atom is 0.304 e. The molecule has 19 heavy (non-hydrogen) atoms. The van der Waals surface area contributed by atoms with E-state index in [0.717, 1.165) is 5.56 Å². The number of carboxylic acid groups (broad SMARTS) is 1. The van der Waals surface area contributed by atoms with Gasteiger partial charge in [-0.2, -0.15) is 0 Å². The number of nitrogens with one attached hydrogen (secondary N) is 1. The second-order valence-corrected chi connectivity index (χ2v) is 4.47. The first-order chi connectivity index (χ1) is 9.02. The molecule has 5 nitrogen and oxygen atoms in total. The van der Waals surface area contributed by atoms with E-state index in [1.807, 2.05) is 32.0 Å². The van der Waals surface area contributed by atoms with Gasteiger partial charge in [0.1, 0.15) is 0 Å². The third-order valence-electron chi connectivity index (χ3n) is 2.44. The van der Waals surface area contributed by atoms with Gasteiger partial charge in [0.25, 0.3) is 0 Å². The van der Waals surface area contributed by atoms with Crippen molar-refractivity contribution in [3.8, 4) is 11.5 Å². The number of rotatable bonds is 8. The molecule has 0 bridgehead atoms. The molecular weight excluding hydrogens is 246 g/mol. The summed E-state index contributed by atoms with van der Waals surface area (Å²) in [5, 5.41) is 11.6. The molecule has 106 valence electrons. The molecular formula is C14H21NO4. The molecule has 0 aliphatic carbocycles. The molecule has 0 fully saturated rings. The van der Waals surface area contributed by atoms with Crippen LogP contribution in [0.4, 0.5) is 0 Å². The van der Waals surface area contributed by atoms with E-state index >= 15 is 0 Å². The Morgan fingerprint density at radius 3 is 2.68 bits per heavy atom. The van der Waals surface area contributed by atoms with Gasteiger partial charge in [-0.15, -0.1) is 0 Å². The van der Waals surface area contributed by atoms with Crippen molar-refractivity contribution in [3.63, 3.8) is 0 Å². The van der Waals surface area contributed by atoms with Crippen molar-refractivity contribution in [2.75, 3.05) is 13.7 Å². The van der Waals surface area contributed by atoms with Crippen LogP contribution in [0.25, 0.3) is 0 Å². The zero-order valence-corrected chi connectivity index (χ0v) is 11.6. The minimum Gasteiger partial charge on any atom is -0.493 e. The number of hydrogen-bond donors (Lipinski definition) is 2. The van der Waals surface area contributed by atoms with Gasteiger partial charge in [0.15, 0.2) is 11.5 Å². The van der Waals surface area contributed by atoms with Crippen molar-refractivity contribution in [2.45, 2.75) is 32.9 Å². The number of benzene rings is 1. The van der Waals surface area contributed by atoms with Crippen LogP contribution in [0, 0.1) is 0 Å². The molecule has 0 unspecified atom stereocenters. The second kappa shape index (κ2) is 7.63. The molecule has 0 aliphatic heterocycles. The summed E-state index contributed by atoms with van der Waals surface area (Å²) in [6.45, 7) is 4.97. The average molecular weight is 267 g/mol. The predicted molar refractivity (Wildman–Crippen MR) is 72.7 cm³/mol. The van der Waals surface area contributed by atoms with Gasteiger partial charge in [-0.1, -0.05) is 6.07 Å². The fourth-order valence-corrected chi connectivity index (χ4v) is 1.60. The fourth-order valence-electron chi connectivity index (χ4n) is 1.60. The first-order valence-corrected chi connectivity index (χ1v) is 6.29. The molecule has 0 saturated carbocycles. The van der Waals surface area contributed by atoms with Crippen LogP contribution in [0.1, 0.15) is 25.8 Å². The molecule has 1 rings (SSSR count). The lowest BCUT2D eigenvalue weighted by molar-refractivity contribution is -0.136. The fraction of sp³-hybridized carbons (Fsp3) is 0.500. The summed E-state index contributed by atoms with van der Waals surface area (Å²) in [5.74, 6) is 0.601. The topological polar surface area (TPSA) is 67.8 Å². The smallest absolute Gasteiger partial charge is 0.304 e. The summed E-state index contributed by atoms with van der Waals surface area (Å²) in [7, 11) is 1.60. The molecule has 2 N–H and O–H groups in total. The summed E-state index contributed by atoms with van der Waals surface area (Å²) in [6, 6.07) is 5.70. The maximum absolute atomic E-state index is 10.4. The van der Waals surface area contributed by atoms with Crippen LogP contribution in [0.5, 0.6) is 11.5 Å². The summed E-state index contributed by atoms with van der Waals surface area (Å²) in [4.78, 5) is 10.4. The van der Waals surface area contributed by atoms with Crippen LogP contribution in [-0.2, 0) is 11.3 Å². The minimum atomic E-state index is -0.800. The van der Waals surface area contributed by atoms with Crippen molar-refractivity contribution in [3.05, 3.63) is 23.8 Å². The summed E-state index contributed by atoms with van der Waals surface area (Å²) < 4.78 is 10.9. The van der Waals surface area contributed by atoms with Crippen molar-refractivity contribution in [2.24, 2.45) is 0 Å². The van der Waals surface area contributed by atoms with E-state index in [-0.39, 0.29) is 12.5 Å². The molecule has 0 heterocycles. The minimum absolute atomic E-state index is 0.0911. The van der Waals surface area contributed by atoms with Crippen LogP contribution in [0.15, 0.2) is 18.2 Å². The number of ether oxygens (including phenoxy) is 2. The Morgan fingerprint density at radius 2 is 2.11 bits per heavy atom. The van der Waals surface area contributed by atoms with Gasteiger partial charge in [-0.25, -0.2) is 0 Å². The van der Waals surface area contributed by atoms with Crippen LogP contribution < -0.4 is 14.8 Å². The summed E-state index contributed by atoms with van der Waals surface area (Å²) >= 11 is 0. The van der Waals surface area contributed by atoms with E-state index in [4.69, 9.17) is 14.6 Å². The van der Waals surface area contributed by atoms with Gasteiger partial charge >= 0.3 is 5.97 Å². The normalized spacial score (nSPS) is 10.5. The van der Waals surface area contributed by atoms with Crippen molar-refractivity contribution < 1.29 is 19.4 Å². The Morgan fingerprint density at radius 1 is 1.37 bits per heavy atom. The highest BCUT2D eigenvalue weighted by Gasteiger charge is 2.07. The Labute approximate surface area is 113 Å². The predicted octanol–water partition coefficient (Wildman–Crippen LogP) is 2.05. The monoisotopic (exact) mass is 267 g/mol. The number of carbonyl (C=O) groups is 1. The largest absolute Gasteiger partial charge is 0.493 e. The van der Waals surface area contributed by atoms with Crippen molar-refractivity contribution in [1.29, 1.82) is 0 Å². The van der Waals surface area contributed by atoms with Crippen LogP contribution >= 0.6 is 0 Å². The zero-order valence-electron chi connectivity index (χ0n) is 11.6. The lowest BCUT2D eigenvalue weighted by Crippen LogP contribution is -2.17. The highest BCUT2D eigenvalue weighted by atomic mass is 16.5. The van der Waals surface area contributed by atoms with E-state index < -0.39 is 5.97 Å². The average Bonchev–Trinajstić information content (AvgIpc) is 2.35. The van der Waals surface area contributed by atoms with Gasteiger partial charge in [0.05, 0.1) is 19.6 Å². The zero-order chi connectivity index (χ0) is 14.3. The molecule has 1 aromatic rings.